The molecule has 1 aromatic heterocycles. The minimum atomic E-state index is -0.537. The number of hydrogen-bond acceptors (Lipinski definition) is 1. The molecule has 0 unspecified atom stereocenters. The van der Waals surface area contributed by atoms with E-state index in [9.17, 15) is 4.39 Å². The zero-order chi connectivity index (χ0) is 5.98. The topological polar surface area (TPSA) is 12.9 Å². The van der Waals surface area contributed by atoms with Crippen molar-refractivity contribution < 1.29 is 4.39 Å². The van der Waals surface area contributed by atoms with E-state index >= 15 is 0 Å². The third-order valence-corrected chi connectivity index (χ3v) is 0.737. The van der Waals surface area contributed by atoms with Gasteiger partial charge in [0, 0.05) is 0 Å². The molecule has 3 heteroatoms. The van der Waals surface area contributed by atoms with Gasteiger partial charge in [-0.1, -0.05) is 12.1 Å². The molecule has 1 aromatic rings. The van der Waals surface area contributed by atoms with E-state index in [0.717, 1.165) is 0 Å². The van der Waals surface area contributed by atoms with Crippen LogP contribution in [0.3, 0.4) is 0 Å². The van der Waals surface area contributed by atoms with Gasteiger partial charge in [-0.05, 0) is 11.7 Å². The Kier molecular flexibility index (Phi) is 1.28. The summed E-state index contributed by atoms with van der Waals surface area (Å²) in [6, 6.07) is 4.29. The fourth-order valence-electron chi connectivity index (χ4n) is 0.424. The number of halogens is 1. The summed E-state index contributed by atoms with van der Waals surface area (Å²) in [6.45, 7) is 0. The van der Waals surface area contributed by atoms with Gasteiger partial charge in [0.1, 0.15) is 7.85 Å². The normalized spacial score (nSPS) is 9.12. The molecule has 0 amide bonds. The molecule has 2 radical (unpaired) electrons. The van der Waals surface area contributed by atoms with Gasteiger partial charge in [-0.3, -0.25) is 0 Å². The first kappa shape index (κ1) is 5.28. The second kappa shape index (κ2) is 1.94. The maximum Gasteiger partial charge on any atom is 0.212 e. The lowest BCUT2D eigenvalue weighted by molar-refractivity contribution is 0.587. The van der Waals surface area contributed by atoms with Crippen molar-refractivity contribution in [2.75, 3.05) is 0 Å². The van der Waals surface area contributed by atoms with Crippen molar-refractivity contribution in [1.29, 1.82) is 0 Å². The fraction of sp³-hybridized carbons (Fsp3) is 0. The van der Waals surface area contributed by atoms with E-state index in [1.807, 2.05) is 0 Å². The SMILES string of the molecule is [B]c1cccc(F)n1. The van der Waals surface area contributed by atoms with Crippen LogP contribution in [0.5, 0.6) is 0 Å². The van der Waals surface area contributed by atoms with Crippen LogP contribution in [0.4, 0.5) is 4.39 Å². The Morgan fingerprint density at radius 2 is 2.25 bits per heavy atom. The van der Waals surface area contributed by atoms with Gasteiger partial charge in [0.15, 0.2) is 0 Å². The van der Waals surface area contributed by atoms with Crippen molar-refractivity contribution in [1.82, 2.24) is 4.98 Å². The quantitative estimate of drug-likeness (QED) is 0.336. The molecule has 0 saturated heterocycles. The van der Waals surface area contributed by atoms with Crippen molar-refractivity contribution in [3.05, 3.63) is 24.1 Å². The van der Waals surface area contributed by atoms with Crippen LogP contribution < -0.4 is 5.59 Å². The highest BCUT2D eigenvalue weighted by atomic mass is 19.1. The van der Waals surface area contributed by atoms with Gasteiger partial charge >= 0.3 is 0 Å². The lowest BCUT2D eigenvalue weighted by atomic mass is 10.0. The first-order valence-corrected chi connectivity index (χ1v) is 2.17. The molecule has 0 aliphatic rings. The van der Waals surface area contributed by atoms with Gasteiger partial charge in [0.05, 0.1) is 0 Å². The minimum Gasteiger partial charge on any atom is -0.237 e. The molecule has 0 fully saturated rings. The number of nitrogens with zero attached hydrogens (tertiary/aromatic N) is 1. The van der Waals surface area contributed by atoms with Crippen molar-refractivity contribution in [2.45, 2.75) is 0 Å². The van der Waals surface area contributed by atoms with Crippen molar-refractivity contribution in [2.24, 2.45) is 0 Å². The van der Waals surface area contributed by atoms with E-state index in [1.54, 1.807) is 0 Å². The largest absolute Gasteiger partial charge is 0.237 e. The fourth-order valence-corrected chi connectivity index (χ4v) is 0.424. The first-order chi connectivity index (χ1) is 3.79. The van der Waals surface area contributed by atoms with E-state index in [4.69, 9.17) is 7.85 Å². The number of pyridine rings is 1. The zero-order valence-electron chi connectivity index (χ0n) is 4.13. The van der Waals surface area contributed by atoms with Crippen LogP contribution in [-0.2, 0) is 0 Å². The Morgan fingerprint density at radius 3 is 2.62 bits per heavy atom. The molecule has 0 aliphatic heterocycles. The molecule has 0 spiro atoms. The van der Waals surface area contributed by atoms with Crippen LogP contribution in [0.25, 0.3) is 0 Å². The average Bonchev–Trinajstić information content (AvgIpc) is 1.64. The Balaban J connectivity index is 3.08. The predicted octanol–water partition coefficient (Wildman–Crippen LogP) is 0.0145. The van der Waals surface area contributed by atoms with Gasteiger partial charge in [-0.25, -0.2) is 4.98 Å². The molecule has 1 heterocycles. The highest BCUT2D eigenvalue weighted by Gasteiger charge is 1.85. The monoisotopic (exact) mass is 107 g/mol. The summed E-state index contributed by atoms with van der Waals surface area (Å²) in [5.41, 5.74) is 0.213. The van der Waals surface area contributed by atoms with E-state index in [0.29, 0.717) is 0 Å². The van der Waals surface area contributed by atoms with Crippen molar-refractivity contribution in [3.8, 4) is 0 Å². The zero-order valence-corrected chi connectivity index (χ0v) is 4.13. The minimum absolute atomic E-state index is 0.213. The Morgan fingerprint density at radius 1 is 1.50 bits per heavy atom. The van der Waals surface area contributed by atoms with Crippen LogP contribution in [-0.4, -0.2) is 12.8 Å². The number of hydrogen-bond donors (Lipinski definition) is 0. The van der Waals surface area contributed by atoms with Crippen LogP contribution in [0.2, 0.25) is 0 Å². The molecule has 8 heavy (non-hydrogen) atoms. The second-order valence-corrected chi connectivity index (χ2v) is 1.39. The van der Waals surface area contributed by atoms with Crippen LogP contribution in [0, 0.1) is 5.95 Å². The molecular weight excluding hydrogens is 104 g/mol. The maximum atomic E-state index is 12.0. The van der Waals surface area contributed by atoms with Crippen LogP contribution in [0.15, 0.2) is 18.2 Å². The molecule has 0 N–H and O–H groups in total. The van der Waals surface area contributed by atoms with Gasteiger partial charge in [0.2, 0.25) is 5.95 Å². The van der Waals surface area contributed by atoms with Crippen LogP contribution >= 0.6 is 0 Å². The molecule has 0 aliphatic carbocycles. The molecule has 0 saturated carbocycles. The van der Waals surface area contributed by atoms with Crippen molar-refractivity contribution in [3.63, 3.8) is 0 Å². The summed E-state index contributed by atoms with van der Waals surface area (Å²) in [6.07, 6.45) is 0. The smallest absolute Gasteiger partial charge is 0.212 e. The van der Waals surface area contributed by atoms with Gasteiger partial charge < -0.3 is 0 Å². The lowest BCUT2D eigenvalue weighted by Gasteiger charge is -1.87. The molecule has 0 atom stereocenters. The molecule has 1 nitrogen and oxygen atoms in total. The summed E-state index contributed by atoms with van der Waals surface area (Å²) >= 11 is 0. The summed E-state index contributed by atoms with van der Waals surface area (Å²) in [4.78, 5) is 3.28. The Hall–Kier alpha value is -0.855. The highest BCUT2D eigenvalue weighted by molar-refractivity contribution is 6.30. The third kappa shape index (κ3) is 1.06. The van der Waals surface area contributed by atoms with E-state index in [-0.39, 0.29) is 5.59 Å². The summed E-state index contributed by atoms with van der Waals surface area (Å²) in [5, 5.41) is 0. The number of aromatic nitrogens is 1. The molecule has 1 rings (SSSR count). The maximum absolute atomic E-state index is 12.0. The highest BCUT2D eigenvalue weighted by Crippen LogP contribution is 1.84. The lowest BCUT2D eigenvalue weighted by Crippen LogP contribution is -2.07. The molecule has 0 bridgehead atoms. The second-order valence-electron chi connectivity index (χ2n) is 1.39. The average molecular weight is 107 g/mol. The summed E-state index contributed by atoms with van der Waals surface area (Å²) in [5.74, 6) is -0.537. The molecular formula is C5H3BFN. The predicted molar refractivity (Wildman–Crippen MR) is 29.6 cm³/mol. The van der Waals surface area contributed by atoms with E-state index in [1.165, 1.54) is 18.2 Å². The van der Waals surface area contributed by atoms with E-state index < -0.39 is 5.95 Å². The summed E-state index contributed by atoms with van der Waals surface area (Å²) in [7, 11) is 5.11. The summed E-state index contributed by atoms with van der Waals surface area (Å²) < 4.78 is 12.0. The Bertz CT molecular complexity index is 172. The van der Waals surface area contributed by atoms with E-state index in [2.05, 4.69) is 4.98 Å². The van der Waals surface area contributed by atoms with Crippen LogP contribution in [0.1, 0.15) is 0 Å². The Labute approximate surface area is 48.0 Å². The van der Waals surface area contributed by atoms with Crippen molar-refractivity contribution >= 4 is 13.4 Å². The third-order valence-electron chi connectivity index (χ3n) is 0.737. The molecule has 38 valence electrons. The number of rotatable bonds is 0. The first-order valence-electron chi connectivity index (χ1n) is 2.17. The van der Waals surface area contributed by atoms with Gasteiger partial charge in [0.25, 0.3) is 0 Å². The molecule has 0 aromatic carbocycles. The van der Waals surface area contributed by atoms with Gasteiger partial charge in [-0.15, -0.1) is 0 Å². The van der Waals surface area contributed by atoms with Gasteiger partial charge in [-0.2, -0.15) is 4.39 Å². The standard InChI is InChI=1S/C5H3BFN/c6-4-2-1-3-5(7)8-4/h1-3H.